The average molecular weight is 490 g/mol. The van der Waals surface area contributed by atoms with Crippen LogP contribution in [0.2, 0.25) is 0 Å². The van der Waals surface area contributed by atoms with Gasteiger partial charge in [0.2, 0.25) is 11.9 Å². The van der Waals surface area contributed by atoms with E-state index in [4.69, 9.17) is 5.73 Å². The highest BCUT2D eigenvalue weighted by atomic mass is 19.1. The normalized spacial score (nSPS) is 32.2. The topological polar surface area (TPSA) is 180 Å². The molecule has 2 saturated carbocycles. The summed E-state index contributed by atoms with van der Waals surface area (Å²) in [6, 6.07) is -1.21. The van der Waals surface area contributed by atoms with Crippen LogP contribution in [0, 0.1) is 29.6 Å². The van der Waals surface area contributed by atoms with Crippen molar-refractivity contribution in [3.63, 3.8) is 0 Å². The van der Waals surface area contributed by atoms with Gasteiger partial charge < -0.3 is 21.3 Å². The van der Waals surface area contributed by atoms with Crippen LogP contribution < -0.4 is 11.1 Å². The number of likely N-dealkylation sites (N-methyl/N-ethyl adjacent to an activating group) is 1. The molecule has 1 aromatic rings. The minimum absolute atomic E-state index is 0.153. The zero-order chi connectivity index (χ0) is 26.0. The molecule has 0 spiro atoms. The van der Waals surface area contributed by atoms with Crippen LogP contribution in [0.3, 0.4) is 0 Å². The van der Waals surface area contributed by atoms with Crippen LogP contribution in [0.4, 0.5) is 10.2 Å². The van der Waals surface area contributed by atoms with E-state index < -0.39 is 81.6 Å². The van der Waals surface area contributed by atoms with Gasteiger partial charge in [0.15, 0.2) is 46.2 Å². The van der Waals surface area contributed by atoms with Crippen LogP contribution in [0.15, 0.2) is 0 Å². The maximum Gasteiger partial charge on any atom is 0.235 e. The van der Waals surface area contributed by atoms with Crippen molar-refractivity contribution in [1.29, 1.82) is 0 Å². The van der Waals surface area contributed by atoms with E-state index in [1.165, 1.54) is 19.0 Å². The SMILES string of the molecule is CCCNc1nc(F)c2c(c1O)C(=O)C1C(=O)[C@]3(O)C(=O)C(C(N)=O)C(=O)[C@@H](N(C)C)[C@@H]3C[C@@H]1C2. The summed E-state index contributed by atoms with van der Waals surface area (Å²) in [5, 5.41) is 24.9. The van der Waals surface area contributed by atoms with Crippen LogP contribution in [-0.2, 0) is 25.6 Å². The van der Waals surface area contributed by atoms with E-state index in [-0.39, 0.29) is 24.2 Å². The maximum absolute atomic E-state index is 14.9. The summed E-state index contributed by atoms with van der Waals surface area (Å²) < 4.78 is 14.9. The number of nitrogens with two attached hydrogens (primary N) is 1. The van der Waals surface area contributed by atoms with Crippen molar-refractivity contribution < 1.29 is 38.6 Å². The van der Waals surface area contributed by atoms with Gasteiger partial charge in [-0.05, 0) is 39.3 Å². The van der Waals surface area contributed by atoms with Gasteiger partial charge in [0, 0.05) is 18.0 Å². The van der Waals surface area contributed by atoms with Crippen LogP contribution in [-0.4, -0.2) is 81.4 Å². The third kappa shape index (κ3) is 3.38. The number of fused-ring (bicyclic) bond motifs is 3. The molecule has 3 aliphatic rings. The zero-order valence-corrected chi connectivity index (χ0v) is 19.5. The van der Waals surface area contributed by atoms with E-state index in [0.717, 1.165) is 0 Å². The van der Waals surface area contributed by atoms with Gasteiger partial charge in [-0.2, -0.15) is 9.37 Å². The number of primary amides is 1. The van der Waals surface area contributed by atoms with E-state index >= 15 is 0 Å². The molecular formula is C23H27FN4O7. The summed E-state index contributed by atoms with van der Waals surface area (Å²) in [6.45, 7) is 2.17. The number of carbonyl (C=O) groups is 5. The predicted molar refractivity (Wildman–Crippen MR) is 118 cm³/mol. The highest BCUT2D eigenvalue weighted by Crippen LogP contribution is 2.51. The van der Waals surface area contributed by atoms with Crippen molar-refractivity contribution in [2.75, 3.05) is 26.0 Å². The van der Waals surface area contributed by atoms with E-state index in [9.17, 15) is 38.6 Å². The molecule has 0 aromatic carbocycles. The first kappa shape index (κ1) is 24.9. The second kappa shape index (κ2) is 8.45. The fourth-order valence-electron chi connectivity index (χ4n) is 5.88. The Kier molecular flexibility index (Phi) is 6.00. The molecule has 0 bridgehead atoms. The Labute approximate surface area is 199 Å². The fourth-order valence-corrected chi connectivity index (χ4v) is 5.88. The predicted octanol–water partition coefficient (Wildman–Crippen LogP) is -0.777. The number of halogens is 1. The number of nitrogens with zero attached hydrogens (tertiary/aromatic N) is 2. The molecule has 2 fully saturated rings. The second-order valence-electron chi connectivity index (χ2n) is 9.67. The molecule has 5 N–H and O–H groups in total. The standard InChI is InChI=1S/C23H27FN4O7/c1-4-5-26-22-17(31)12-9(20(24)27-22)6-8-7-10-14(28(2)3)16(30)13(21(25)34)19(33)23(10,35)18(32)11(8)15(12)29/h8,10-11,13-14,31,35H,4-7H2,1-3H3,(H2,25,34)(H,26,27)/t8-,10-,11?,13?,14-,23-/m0/s1. The van der Waals surface area contributed by atoms with Crippen molar-refractivity contribution >= 4 is 34.9 Å². The van der Waals surface area contributed by atoms with Crippen molar-refractivity contribution in [3.8, 4) is 5.75 Å². The molecule has 0 radical (unpaired) electrons. The molecule has 4 rings (SSSR count). The lowest BCUT2D eigenvalue weighted by atomic mass is 9.52. The molecule has 0 saturated heterocycles. The van der Waals surface area contributed by atoms with Crippen molar-refractivity contribution in [3.05, 3.63) is 17.1 Å². The summed E-state index contributed by atoms with van der Waals surface area (Å²) in [6.07, 6.45) is 0.298. The molecule has 12 heteroatoms. The van der Waals surface area contributed by atoms with Gasteiger partial charge in [0.1, 0.15) is 0 Å². The monoisotopic (exact) mass is 490 g/mol. The van der Waals surface area contributed by atoms with Crippen LogP contribution >= 0.6 is 0 Å². The molecule has 1 amide bonds. The van der Waals surface area contributed by atoms with Crippen LogP contribution in [0.25, 0.3) is 0 Å². The fraction of sp³-hybridized carbons (Fsp3) is 0.565. The average Bonchev–Trinajstić information content (AvgIpc) is 2.77. The Balaban J connectivity index is 1.85. The van der Waals surface area contributed by atoms with Gasteiger partial charge in [-0.3, -0.25) is 28.9 Å². The van der Waals surface area contributed by atoms with Gasteiger partial charge in [-0.1, -0.05) is 6.92 Å². The lowest BCUT2D eigenvalue weighted by molar-refractivity contribution is -0.181. The molecule has 1 heterocycles. The number of amides is 1. The number of pyridine rings is 1. The minimum atomic E-state index is -2.82. The van der Waals surface area contributed by atoms with Gasteiger partial charge in [-0.15, -0.1) is 0 Å². The summed E-state index contributed by atoms with van der Waals surface area (Å²) in [4.78, 5) is 70.4. The number of hydrogen-bond acceptors (Lipinski definition) is 10. The first-order chi connectivity index (χ1) is 16.4. The van der Waals surface area contributed by atoms with Crippen LogP contribution in [0.1, 0.15) is 35.7 Å². The Morgan fingerprint density at radius 3 is 2.49 bits per heavy atom. The molecule has 11 nitrogen and oxygen atoms in total. The summed E-state index contributed by atoms with van der Waals surface area (Å²) in [5.74, 6) is -13.2. The van der Waals surface area contributed by atoms with Crippen LogP contribution in [0.5, 0.6) is 5.75 Å². The summed E-state index contributed by atoms with van der Waals surface area (Å²) in [7, 11) is 2.97. The second-order valence-corrected chi connectivity index (χ2v) is 9.67. The third-order valence-corrected chi connectivity index (χ3v) is 7.42. The van der Waals surface area contributed by atoms with Crippen molar-refractivity contribution in [2.45, 2.75) is 37.8 Å². The number of nitrogens with one attached hydrogen (secondary N) is 1. The molecule has 0 aliphatic heterocycles. The molecule has 2 unspecified atom stereocenters. The number of hydrogen-bond donors (Lipinski definition) is 4. The third-order valence-electron chi connectivity index (χ3n) is 7.42. The lowest BCUT2D eigenvalue weighted by Crippen LogP contribution is -2.74. The van der Waals surface area contributed by atoms with E-state index in [1.807, 2.05) is 6.92 Å². The molecule has 35 heavy (non-hydrogen) atoms. The Hall–Kier alpha value is -3.25. The van der Waals surface area contributed by atoms with Crippen molar-refractivity contribution in [1.82, 2.24) is 9.88 Å². The zero-order valence-electron chi connectivity index (χ0n) is 19.5. The van der Waals surface area contributed by atoms with E-state index in [0.29, 0.717) is 13.0 Å². The lowest BCUT2D eigenvalue weighted by Gasteiger charge is -2.52. The number of ketones is 4. The highest BCUT2D eigenvalue weighted by Gasteiger charge is 2.69. The van der Waals surface area contributed by atoms with Gasteiger partial charge in [0.25, 0.3) is 0 Å². The maximum atomic E-state index is 14.9. The first-order valence-electron chi connectivity index (χ1n) is 11.4. The smallest absolute Gasteiger partial charge is 0.235 e. The first-order valence-corrected chi connectivity index (χ1v) is 11.4. The molecule has 1 aromatic heterocycles. The van der Waals surface area contributed by atoms with Gasteiger partial charge in [0.05, 0.1) is 17.5 Å². The van der Waals surface area contributed by atoms with Crippen molar-refractivity contribution in [2.24, 2.45) is 29.4 Å². The number of rotatable bonds is 5. The molecule has 3 aliphatic carbocycles. The molecular weight excluding hydrogens is 463 g/mol. The highest BCUT2D eigenvalue weighted by molar-refractivity contribution is 6.32. The molecule has 188 valence electrons. The Morgan fingerprint density at radius 1 is 1.26 bits per heavy atom. The van der Waals surface area contributed by atoms with E-state index in [2.05, 4.69) is 10.3 Å². The van der Waals surface area contributed by atoms with Gasteiger partial charge in [-0.25, -0.2) is 0 Å². The number of aromatic nitrogens is 1. The minimum Gasteiger partial charge on any atom is -0.504 e. The Bertz CT molecular complexity index is 1170. The number of Topliss-reactive ketones (excluding diaryl/α,β-unsaturated/α-hetero) is 4. The Morgan fingerprint density at radius 2 is 1.91 bits per heavy atom. The number of carbonyl (C=O) groups excluding carboxylic acids is 5. The van der Waals surface area contributed by atoms with Gasteiger partial charge >= 0.3 is 0 Å². The molecule has 6 atom stereocenters. The van der Waals surface area contributed by atoms with E-state index in [1.54, 1.807) is 0 Å². The number of aliphatic hydroxyl groups is 1. The summed E-state index contributed by atoms with van der Waals surface area (Å²) >= 11 is 0. The number of aromatic hydroxyl groups is 1. The largest absolute Gasteiger partial charge is 0.504 e. The quantitative estimate of drug-likeness (QED) is 0.302. The summed E-state index contributed by atoms with van der Waals surface area (Å²) in [5.41, 5.74) is 1.86. The number of anilines is 1.